The monoisotopic (exact) mass is 319 g/mol. The summed E-state index contributed by atoms with van der Waals surface area (Å²) in [4.78, 5) is 2.33. The molecule has 1 N–H and O–H groups in total. The minimum absolute atomic E-state index is 0.417. The Bertz CT molecular complexity index is 603. The minimum atomic E-state index is -0.420. The molecule has 2 aromatic rings. The fourth-order valence-electron chi connectivity index (χ4n) is 3.02. The van der Waals surface area contributed by atoms with Crippen LogP contribution < -0.4 is 0 Å². The normalized spacial score (nSPS) is 18.5. The second-order valence-electron chi connectivity index (χ2n) is 6.10. The van der Waals surface area contributed by atoms with Gasteiger partial charge in [0.25, 0.3) is 0 Å². The van der Waals surface area contributed by atoms with E-state index in [0.717, 1.165) is 31.5 Å². The molecule has 0 bridgehead atoms. The molecule has 118 valence electrons. The highest BCUT2D eigenvalue weighted by molar-refractivity contribution is 6.30. The van der Waals surface area contributed by atoms with Gasteiger partial charge in [-0.15, -0.1) is 0 Å². The van der Waals surface area contributed by atoms with Gasteiger partial charge in [-0.05, 0) is 25.3 Å². The van der Waals surface area contributed by atoms with Crippen LogP contribution in [0, 0.1) is 6.92 Å². The van der Waals surface area contributed by atoms with Crippen molar-refractivity contribution in [3.05, 3.63) is 52.8 Å². The molecule has 1 aliphatic heterocycles. The van der Waals surface area contributed by atoms with Crippen LogP contribution >= 0.6 is 11.6 Å². The van der Waals surface area contributed by atoms with Crippen LogP contribution in [0.1, 0.15) is 36.1 Å². The minimum Gasteiger partial charge on any atom is -0.387 e. The maximum Gasteiger partial charge on any atom is 0.0916 e. The van der Waals surface area contributed by atoms with E-state index in [1.807, 2.05) is 35.1 Å². The number of aliphatic hydroxyl groups excluding tert-OH is 1. The highest BCUT2D eigenvalue weighted by atomic mass is 35.5. The zero-order chi connectivity index (χ0) is 15.5. The summed E-state index contributed by atoms with van der Waals surface area (Å²) in [7, 11) is 0. The number of nitrogens with zero attached hydrogens (tertiary/aromatic N) is 3. The quantitative estimate of drug-likeness (QED) is 0.940. The lowest BCUT2D eigenvalue weighted by atomic mass is 10.0. The smallest absolute Gasteiger partial charge is 0.0916 e. The van der Waals surface area contributed by atoms with E-state index in [0.29, 0.717) is 17.6 Å². The van der Waals surface area contributed by atoms with Gasteiger partial charge in [-0.3, -0.25) is 4.68 Å². The van der Waals surface area contributed by atoms with Crippen molar-refractivity contribution in [1.29, 1.82) is 0 Å². The second-order valence-corrected chi connectivity index (χ2v) is 6.53. The van der Waals surface area contributed by atoms with E-state index in [4.69, 9.17) is 11.6 Å². The molecule has 0 spiro atoms. The lowest BCUT2D eigenvalue weighted by Crippen LogP contribution is -2.37. The average Bonchev–Trinajstić information content (AvgIpc) is 2.95. The molecular weight excluding hydrogens is 298 g/mol. The predicted octanol–water partition coefficient (Wildman–Crippen LogP) is 3.22. The van der Waals surface area contributed by atoms with Gasteiger partial charge in [0.05, 0.1) is 23.4 Å². The number of β-amino-alcohol motifs (C(OH)–C–C–N with tert-alkyl or cyclic N) is 1. The van der Waals surface area contributed by atoms with Crippen molar-refractivity contribution in [3.8, 4) is 0 Å². The molecule has 1 saturated heterocycles. The standard InChI is InChI=1S/C17H22ClN3O/c1-13-2-4-14(5-3-13)17(22)12-20-8-6-16(7-9-20)21-11-15(18)10-19-21/h2-5,10-11,16-17,22H,6-9,12H2,1H3. The zero-order valence-corrected chi connectivity index (χ0v) is 13.6. The number of aliphatic hydroxyl groups is 1. The fourth-order valence-corrected chi connectivity index (χ4v) is 3.16. The SMILES string of the molecule is Cc1ccc(C(O)CN2CCC(n3cc(Cl)cn3)CC2)cc1. The van der Waals surface area contributed by atoms with E-state index in [9.17, 15) is 5.11 Å². The van der Waals surface area contributed by atoms with E-state index in [1.54, 1.807) is 6.20 Å². The third-order valence-electron chi connectivity index (χ3n) is 4.39. The first kappa shape index (κ1) is 15.5. The summed E-state index contributed by atoms with van der Waals surface area (Å²) in [6.07, 6.45) is 5.24. The number of hydrogen-bond donors (Lipinski definition) is 1. The number of piperidine rings is 1. The number of benzene rings is 1. The van der Waals surface area contributed by atoms with Crippen LogP contribution in [0.2, 0.25) is 5.02 Å². The third-order valence-corrected chi connectivity index (χ3v) is 4.59. The van der Waals surface area contributed by atoms with Gasteiger partial charge in [0.15, 0.2) is 0 Å². The van der Waals surface area contributed by atoms with Crippen molar-refractivity contribution < 1.29 is 5.11 Å². The second kappa shape index (κ2) is 6.82. The number of rotatable bonds is 4. The van der Waals surface area contributed by atoms with E-state index in [1.165, 1.54) is 5.56 Å². The summed E-state index contributed by atoms with van der Waals surface area (Å²) in [5.41, 5.74) is 2.21. The molecular formula is C17H22ClN3O. The summed E-state index contributed by atoms with van der Waals surface area (Å²) in [6.45, 7) is 4.70. The van der Waals surface area contributed by atoms with Crippen LogP contribution in [-0.4, -0.2) is 39.4 Å². The summed E-state index contributed by atoms with van der Waals surface area (Å²) in [5, 5.41) is 15.4. The molecule has 3 rings (SSSR count). The van der Waals surface area contributed by atoms with Crippen LogP contribution in [-0.2, 0) is 0 Å². The first-order valence-corrected chi connectivity index (χ1v) is 8.16. The van der Waals surface area contributed by atoms with Crippen LogP contribution in [0.4, 0.5) is 0 Å². The fraction of sp³-hybridized carbons (Fsp3) is 0.471. The van der Waals surface area contributed by atoms with Crippen molar-refractivity contribution in [2.75, 3.05) is 19.6 Å². The molecule has 2 heterocycles. The molecule has 1 unspecified atom stereocenters. The van der Waals surface area contributed by atoms with Gasteiger partial charge in [-0.1, -0.05) is 41.4 Å². The van der Waals surface area contributed by atoms with Crippen molar-refractivity contribution in [2.24, 2.45) is 0 Å². The zero-order valence-electron chi connectivity index (χ0n) is 12.8. The molecule has 1 fully saturated rings. The van der Waals surface area contributed by atoms with Gasteiger partial charge in [0.1, 0.15) is 0 Å². The highest BCUT2D eigenvalue weighted by Gasteiger charge is 2.23. The van der Waals surface area contributed by atoms with Gasteiger partial charge in [-0.25, -0.2) is 0 Å². The van der Waals surface area contributed by atoms with Crippen molar-refractivity contribution in [1.82, 2.24) is 14.7 Å². The molecule has 0 aliphatic carbocycles. The lowest BCUT2D eigenvalue weighted by Gasteiger charge is -2.33. The van der Waals surface area contributed by atoms with Gasteiger partial charge in [0.2, 0.25) is 0 Å². The van der Waals surface area contributed by atoms with E-state index in [-0.39, 0.29) is 0 Å². The molecule has 5 heteroatoms. The van der Waals surface area contributed by atoms with Crippen LogP contribution in [0.15, 0.2) is 36.7 Å². The van der Waals surface area contributed by atoms with Crippen LogP contribution in [0.25, 0.3) is 0 Å². The summed E-state index contributed by atoms with van der Waals surface area (Å²) in [5.74, 6) is 0. The Balaban J connectivity index is 1.52. The van der Waals surface area contributed by atoms with Gasteiger partial charge >= 0.3 is 0 Å². The first-order valence-electron chi connectivity index (χ1n) is 7.78. The Hall–Kier alpha value is -1.36. The topological polar surface area (TPSA) is 41.3 Å². The largest absolute Gasteiger partial charge is 0.387 e. The number of hydrogen-bond acceptors (Lipinski definition) is 3. The molecule has 4 nitrogen and oxygen atoms in total. The maximum absolute atomic E-state index is 10.4. The molecule has 1 aromatic carbocycles. The Morgan fingerprint density at radius 2 is 1.95 bits per heavy atom. The molecule has 0 amide bonds. The molecule has 1 aliphatic rings. The summed E-state index contributed by atoms with van der Waals surface area (Å²) >= 11 is 5.93. The van der Waals surface area contributed by atoms with Crippen molar-refractivity contribution >= 4 is 11.6 Å². The van der Waals surface area contributed by atoms with Crippen molar-refractivity contribution in [2.45, 2.75) is 31.9 Å². The van der Waals surface area contributed by atoms with Crippen LogP contribution in [0.5, 0.6) is 0 Å². The Morgan fingerprint density at radius 1 is 1.27 bits per heavy atom. The summed E-state index contributed by atoms with van der Waals surface area (Å²) < 4.78 is 1.97. The molecule has 1 atom stereocenters. The highest BCUT2D eigenvalue weighted by Crippen LogP contribution is 2.25. The van der Waals surface area contributed by atoms with E-state index in [2.05, 4.69) is 16.9 Å². The van der Waals surface area contributed by atoms with E-state index < -0.39 is 6.10 Å². The Kier molecular flexibility index (Phi) is 4.81. The van der Waals surface area contributed by atoms with Gasteiger partial charge < -0.3 is 10.0 Å². The van der Waals surface area contributed by atoms with Crippen molar-refractivity contribution in [3.63, 3.8) is 0 Å². The number of halogens is 1. The van der Waals surface area contributed by atoms with E-state index >= 15 is 0 Å². The first-order chi connectivity index (χ1) is 10.6. The maximum atomic E-state index is 10.4. The number of aryl methyl sites for hydroxylation is 1. The summed E-state index contributed by atoms with van der Waals surface area (Å²) in [6, 6.07) is 8.54. The molecule has 1 aromatic heterocycles. The third kappa shape index (κ3) is 3.69. The van der Waals surface area contributed by atoms with Gasteiger partial charge in [-0.2, -0.15) is 5.10 Å². The molecule has 22 heavy (non-hydrogen) atoms. The molecule has 0 radical (unpaired) electrons. The Morgan fingerprint density at radius 3 is 2.55 bits per heavy atom. The lowest BCUT2D eigenvalue weighted by molar-refractivity contribution is 0.0890. The Labute approximate surface area is 136 Å². The van der Waals surface area contributed by atoms with Gasteiger partial charge in [0, 0.05) is 25.8 Å². The average molecular weight is 320 g/mol. The molecule has 0 saturated carbocycles. The number of likely N-dealkylation sites (tertiary alicyclic amines) is 1. The number of aromatic nitrogens is 2. The predicted molar refractivity (Wildman–Crippen MR) is 88.1 cm³/mol. The van der Waals surface area contributed by atoms with Crippen LogP contribution in [0.3, 0.4) is 0 Å².